The summed E-state index contributed by atoms with van der Waals surface area (Å²) in [6.07, 6.45) is 5.38. The third-order valence-corrected chi connectivity index (χ3v) is 7.42. The number of ether oxygens (including phenoxy) is 3. The van der Waals surface area contributed by atoms with Gasteiger partial charge in [0, 0.05) is 18.1 Å². The Morgan fingerprint density at radius 1 is 1.13 bits per heavy atom. The van der Waals surface area contributed by atoms with Crippen molar-refractivity contribution in [2.45, 2.75) is 43.9 Å². The molecule has 1 fully saturated rings. The van der Waals surface area contributed by atoms with Gasteiger partial charge in [-0.05, 0) is 32.3 Å². The van der Waals surface area contributed by atoms with Crippen LogP contribution in [0, 0.1) is 24.4 Å². The smallest absolute Gasteiger partial charge is 0.268 e. The van der Waals surface area contributed by atoms with Crippen LogP contribution >= 0.6 is 0 Å². The summed E-state index contributed by atoms with van der Waals surface area (Å²) in [5.74, 6) is -4.37. The maximum atomic E-state index is 15.2. The Morgan fingerprint density at radius 3 is 2.69 bits per heavy atom. The summed E-state index contributed by atoms with van der Waals surface area (Å²) in [4.78, 5) is 10.8. The van der Waals surface area contributed by atoms with Gasteiger partial charge in [0.15, 0.2) is 34.2 Å². The van der Waals surface area contributed by atoms with Crippen LogP contribution in [0.1, 0.15) is 36.7 Å². The van der Waals surface area contributed by atoms with E-state index in [4.69, 9.17) is 14.2 Å². The number of sulfonamides is 1. The Hall–Kier alpha value is -3.98. The molecule has 39 heavy (non-hydrogen) atoms. The first kappa shape index (κ1) is 26.6. The molecule has 0 aromatic carbocycles. The number of methoxy groups -OCH3 is 1. The summed E-state index contributed by atoms with van der Waals surface area (Å²) < 4.78 is 88.8. The van der Waals surface area contributed by atoms with E-state index in [1.807, 2.05) is 4.72 Å². The van der Waals surface area contributed by atoms with Crippen molar-refractivity contribution in [3.8, 4) is 11.6 Å². The zero-order chi connectivity index (χ0) is 27.7. The molecule has 1 atom stereocenters. The second-order valence-corrected chi connectivity index (χ2v) is 10.3. The highest BCUT2D eigenvalue weighted by atomic mass is 32.2. The third-order valence-electron chi connectivity index (χ3n) is 6.08. The molecule has 1 saturated heterocycles. The number of halogens is 3. The van der Waals surface area contributed by atoms with E-state index in [1.165, 1.54) is 6.20 Å². The van der Waals surface area contributed by atoms with Gasteiger partial charge in [-0.3, -0.25) is 4.72 Å². The van der Waals surface area contributed by atoms with Crippen molar-refractivity contribution in [3.63, 3.8) is 0 Å². The number of nitrogens with zero attached hydrogens (tertiary/aromatic N) is 5. The minimum atomic E-state index is -4.61. The number of anilines is 1. The highest BCUT2D eigenvalue weighted by molar-refractivity contribution is 7.92. The fraction of sp³-hybridized carbons (Fsp3) is 0.333. The first-order valence-electron chi connectivity index (χ1n) is 11.8. The van der Waals surface area contributed by atoms with Gasteiger partial charge < -0.3 is 14.2 Å². The van der Waals surface area contributed by atoms with Gasteiger partial charge in [0.05, 0.1) is 37.0 Å². The summed E-state index contributed by atoms with van der Waals surface area (Å²) in [6.45, 7) is 1.84. The molecule has 0 spiro atoms. The van der Waals surface area contributed by atoms with Crippen molar-refractivity contribution in [2.75, 3.05) is 18.4 Å². The fourth-order valence-electron chi connectivity index (χ4n) is 4.15. The average Bonchev–Trinajstić information content (AvgIpc) is 3.26. The molecule has 1 N–H and O–H groups in total. The Labute approximate surface area is 221 Å². The molecule has 206 valence electrons. The van der Waals surface area contributed by atoms with E-state index < -0.39 is 56.2 Å². The largest absolute Gasteiger partial charge is 0.487 e. The lowest BCUT2D eigenvalue weighted by atomic mass is 10.2. The monoisotopic (exact) mass is 564 g/mol. The zero-order valence-corrected chi connectivity index (χ0v) is 21.6. The molecule has 1 unspecified atom stereocenters. The second-order valence-electron chi connectivity index (χ2n) is 8.70. The van der Waals surface area contributed by atoms with Crippen LogP contribution in [0.4, 0.5) is 19.0 Å². The third kappa shape index (κ3) is 5.31. The Kier molecular flexibility index (Phi) is 7.27. The van der Waals surface area contributed by atoms with Gasteiger partial charge in [-0.15, -0.1) is 0 Å². The Morgan fingerprint density at radius 2 is 1.95 bits per heavy atom. The second kappa shape index (κ2) is 10.6. The Balaban J connectivity index is 1.38. The van der Waals surface area contributed by atoms with Gasteiger partial charge in [0.2, 0.25) is 5.88 Å². The molecule has 0 aliphatic carbocycles. The number of aromatic nitrogens is 5. The predicted molar refractivity (Wildman–Crippen MR) is 131 cm³/mol. The predicted octanol–water partition coefficient (Wildman–Crippen LogP) is 4.03. The SMILES string of the molecule is COc1ncc(F)cc1S(=O)(=O)Nc1ncc(F)c(COc2cnc3c(c2)c(C)nn3C2CCCCO2)c1F. The molecule has 0 bridgehead atoms. The Bertz CT molecular complexity index is 1640. The molecule has 0 amide bonds. The van der Waals surface area contributed by atoms with Crippen LogP contribution in [0.2, 0.25) is 0 Å². The van der Waals surface area contributed by atoms with Crippen LogP contribution in [0.15, 0.2) is 35.6 Å². The summed E-state index contributed by atoms with van der Waals surface area (Å²) in [7, 11) is -3.47. The molecule has 5 rings (SSSR count). The lowest BCUT2D eigenvalue weighted by molar-refractivity contribution is -0.0371. The first-order chi connectivity index (χ1) is 18.7. The average molecular weight is 565 g/mol. The van der Waals surface area contributed by atoms with E-state index in [9.17, 15) is 17.2 Å². The van der Waals surface area contributed by atoms with Gasteiger partial charge in [-0.1, -0.05) is 0 Å². The maximum absolute atomic E-state index is 15.2. The number of aryl methyl sites for hydroxylation is 1. The fourth-order valence-corrected chi connectivity index (χ4v) is 5.29. The molecule has 11 nitrogen and oxygen atoms in total. The van der Waals surface area contributed by atoms with E-state index in [1.54, 1.807) is 17.7 Å². The molecule has 0 radical (unpaired) electrons. The van der Waals surface area contributed by atoms with Crippen LogP contribution in [0.5, 0.6) is 11.6 Å². The van der Waals surface area contributed by atoms with Gasteiger partial charge in [0.1, 0.15) is 18.2 Å². The number of hydrogen-bond donors (Lipinski definition) is 1. The van der Waals surface area contributed by atoms with Crippen LogP contribution in [0.3, 0.4) is 0 Å². The molecular weight excluding hydrogens is 541 g/mol. The summed E-state index contributed by atoms with van der Waals surface area (Å²) in [6, 6.07) is 2.29. The van der Waals surface area contributed by atoms with Crippen molar-refractivity contribution >= 4 is 26.9 Å². The zero-order valence-electron chi connectivity index (χ0n) is 20.8. The highest BCUT2D eigenvalue weighted by Crippen LogP contribution is 2.30. The lowest BCUT2D eigenvalue weighted by Crippen LogP contribution is -2.19. The van der Waals surface area contributed by atoms with E-state index in [0.29, 0.717) is 35.6 Å². The maximum Gasteiger partial charge on any atom is 0.268 e. The molecule has 4 aromatic rings. The van der Waals surface area contributed by atoms with Gasteiger partial charge >= 0.3 is 0 Å². The quantitative estimate of drug-likeness (QED) is 0.337. The van der Waals surface area contributed by atoms with E-state index in [-0.39, 0.29) is 12.0 Å². The standard InChI is InChI=1S/C24H23F3N6O5S/c1-13-16-8-15(10-29-23(16)33(31-13)20-5-3-4-6-37-20)38-12-17-18(26)11-28-22(21(17)27)32-39(34,35)19-7-14(25)9-30-24(19)36-2/h7-11,20H,3-6,12H2,1-2H3,(H,28,32). The number of rotatable bonds is 8. The highest BCUT2D eigenvalue weighted by Gasteiger charge is 2.26. The molecule has 0 saturated carbocycles. The lowest BCUT2D eigenvalue weighted by Gasteiger charge is -2.23. The van der Waals surface area contributed by atoms with E-state index in [2.05, 4.69) is 20.1 Å². The van der Waals surface area contributed by atoms with Gasteiger partial charge in [-0.25, -0.2) is 41.2 Å². The molecule has 1 aliphatic rings. The van der Waals surface area contributed by atoms with Gasteiger partial charge in [0.25, 0.3) is 10.0 Å². The number of fused-ring (bicyclic) bond motifs is 1. The first-order valence-corrected chi connectivity index (χ1v) is 13.3. The summed E-state index contributed by atoms with van der Waals surface area (Å²) >= 11 is 0. The van der Waals surface area contributed by atoms with Crippen LogP contribution in [-0.2, 0) is 21.4 Å². The summed E-state index contributed by atoms with van der Waals surface area (Å²) in [5, 5.41) is 5.22. The van der Waals surface area contributed by atoms with Crippen molar-refractivity contribution < 1.29 is 35.8 Å². The minimum absolute atomic E-state index is 0.211. The molecular formula is C24H23F3N6O5S. The van der Waals surface area contributed by atoms with Crippen molar-refractivity contribution in [1.29, 1.82) is 0 Å². The molecule has 15 heteroatoms. The normalized spacial score (nSPS) is 15.9. The van der Waals surface area contributed by atoms with Crippen LogP contribution < -0.4 is 14.2 Å². The van der Waals surface area contributed by atoms with E-state index in [0.717, 1.165) is 32.6 Å². The number of nitrogens with one attached hydrogen (secondary N) is 1. The summed E-state index contributed by atoms with van der Waals surface area (Å²) in [5.41, 5.74) is 0.680. The molecule has 1 aliphatic heterocycles. The van der Waals surface area contributed by atoms with Crippen molar-refractivity contribution in [1.82, 2.24) is 24.7 Å². The number of hydrogen-bond acceptors (Lipinski definition) is 9. The van der Waals surface area contributed by atoms with E-state index >= 15 is 4.39 Å². The van der Waals surface area contributed by atoms with Crippen molar-refractivity contribution in [2.24, 2.45) is 0 Å². The van der Waals surface area contributed by atoms with Crippen LogP contribution in [-0.4, -0.2) is 46.9 Å². The molecule has 5 heterocycles. The van der Waals surface area contributed by atoms with Gasteiger partial charge in [-0.2, -0.15) is 5.10 Å². The van der Waals surface area contributed by atoms with Crippen LogP contribution in [0.25, 0.3) is 11.0 Å². The molecule has 4 aromatic heterocycles. The number of pyridine rings is 3. The topological polar surface area (TPSA) is 130 Å². The van der Waals surface area contributed by atoms with Crippen molar-refractivity contribution in [3.05, 3.63) is 59.4 Å². The minimum Gasteiger partial charge on any atom is -0.487 e.